The third-order valence-electron chi connectivity index (χ3n) is 3.43. The molecule has 1 heterocycles. The Hall–Kier alpha value is -2.20. The Bertz CT molecular complexity index is 715. The molecule has 0 fully saturated rings. The molecule has 0 unspecified atom stereocenters. The Balaban J connectivity index is 1.67. The Labute approximate surface area is 134 Å². The summed E-state index contributed by atoms with van der Waals surface area (Å²) in [5.74, 6) is 1.31. The van der Waals surface area contributed by atoms with Crippen molar-refractivity contribution in [2.24, 2.45) is 0 Å². The van der Waals surface area contributed by atoms with Crippen molar-refractivity contribution in [3.05, 3.63) is 52.5 Å². The molecule has 0 saturated heterocycles. The lowest BCUT2D eigenvalue weighted by atomic mass is 10.1. The minimum atomic E-state index is -0.100. The molecule has 114 valence electrons. The van der Waals surface area contributed by atoms with Gasteiger partial charge in [-0.2, -0.15) is 0 Å². The zero-order valence-corrected chi connectivity index (χ0v) is 12.9. The van der Waals surface area contributed by atoms with Gasteiger partial charge in [0.1, 0.15) is 13.2 Å². The van der Waals surface area contributed by atoms with E-state index in [0.29, 0.717) is 29.7 Å². The van der Waals surface area contributed by atoms with Crippen LogP contribution in [0.4, 0.5) is 5.69 Å². The Morgan fingerprint density at radius 1 is 1.14 bits per heavy atom. The number of ether oxygens (including phenoxy) is 2. The second kappa shape index (κ2) is 6.28. The van der Waals surface area contributed by atoms with Crippen molar-refractivity contribution in [1.82, 2.24) is 0 Å². The summed E-state index contributed by atoms with van der Waals surface area (Å²) in [6.07, 6.45) is 0.266. The van der Waals surface area contributed by atoms with E-state index in [1.165, 1.54) is 0 Å². The van der Waals surface area contributed by atoms with Crippen LogP contribution in [0.3, 0.4) is 0 Å². The fourth-order valence-electron chi connectivity index (χ4n) is 2.26. The van der Waals surface area contributed by atoms with Crippen LogP contribution in [-0.2, 0) is 11.2 Å². The van der Waals surface area contributed by atoms with E-state index >= 15 is 0 Å². The third-order valence-corrected chi connectivity index (χ3v) is 3.83. The van der Waals surface area contributed by atoms with E-state index in [4.69, 9.17) is 21.1 Å². The summed E-state index contributed by atoms with van der Waals surface area (Å²) < 4.78 is 11.0. The van der Waals surface area contributed by atoms with Gasteiger partial charge in [0, 0.05) is 10.7 Å². The van der Waals surface area contributed by atoms with Gasteiger partial charge in [-0.25, -0.2) is 0 Å². The number of carbonyl (C=O) groups excluding carboxylic acids is 1. The fourth-order valence-corrected chi connectivity index (χ4v) is 2.44. The molecule has 1 aliphatic rings. The van der Waals surface area contributed by atoms with E-state index in [-0.39, 0.29) is 12.3 Å². The molecule has 0 aliphatic carbocycles. The highest BCUT2D eigenvalue weighted by Crippen LogP contribution is 2.31. The maximum atomic E-state index is 12.1. The maximum absolute atomic E-state index is 12.1. The summed E-state index contributed by atoms with van der Waals surface area (Å²) in [6, 6.07) is 11.0. The number of carbonyl (C=O) groups is 1. The molecule has 0 atom stereocenters. The summed E-state index contributed by atoms with van der Waals surface area (Å²) in [6.45, 7) is 3.01. The second-order valence-corrected chi connectivity index (χ2v) is 5.57. The normalized spacial score (nSPS) is 12.8. The maximum Gasteiger partial charge on any atom is 0.228 e. The third kappa shape index (κ3) is 3.34. The van der Waals surface area contributed by atoms with E-state index in [1.807, 2.05) is 37.3 Å². The van der Waals surface area contributed by atoms with Crippen molar-refractivity contribution in [1.29, 1.82) is 0 Å². The molecule has 1 N–H and O–H groups in total. The summed E-state index contributed by atoms with van der Waals surface area (Å²) in [5.41, 5.74) is 2.55. The van der Waals surface area contributed by atoms with Gasteiger partial charge in [0.15, 0.2) is 11.5 Å². The number of fused-ring (bicyclic) bond motifs is 1. The van der Waals surface area contributed by atoms with E-state index < -0.39 is 0 Å². The number of anilines is 1. The Morgan fingerprint density at radius 3 is 2.68 bits per heavy atom. The molecule has 0 radical (unpaired) electrons. The molecule has 5 heteroatoms. The first-order valence-corrected chi connectivity index (χ1v) is 7.44. The summed E-state index contributed by atoms with van der Waals surface area (Å²) in [5, 5.41) is 3.48. The van der Waals surface area contributed by atoms with Gasteiger partial charge < -0.3 is 14.8 Å². The van der Waals surface area contributed by atoms with E-state index in [0.717, 1.165) is 16.9 Å². The number of halogens is 1. The van der Waals surface area contributed by atoms with Crippen molar-refractivity contribution in [3.63, 3.8) is 0 Å². The van der Waals surface area contributed by atoms with Crippen molar-refractivity contribution in [3.8, 4) is 11.5 Å². The van der Waals surface area contributed by atoms with Crippen LogP contribution in [0.1, 0.15) is 11.1 Å². The molecule has 1 amide bonds. The minimum absolute atomic E-state index is 0.100. The van der Waals surface area contributed by atoms with Gasteiger partial charge in [-0.1, -0.05) is 23.7 Å². The molecular formula is C17H16ClNO3. The van der Waals surface area contributed by atoms with Crippen molar-refractivity contribution < 1.29 is 14.3 Å². The molecule has 0 spiro atoms. The first-order valence-electron chi connectivity index (χ1n) is 7.06. The van der Waals surface area contributed by atoms with Gasteiger partial charge in [-0.15, -0.1) is 0 Å². The first-order chi connectivity index (χ1) is 10.6. The summed E-state index contributed by atoms with van der Waals surface area (Å²) in [7, 11) is 0. The SMILES string of the molecule is Cc1ccc(NC(=O)Cc2ccc3c(c2)OCCO3)cc1Cl. The first kappa shape index (κ1) is 14.7. The van der Waals surface area contributed by atoms with Crippen LogP contribution in [0, 0.1) is 6.92 Å². The number of aryl methyl sites for hydroxylation is 1. The topological polar surface area (TPSA) is 47.6 Å². The zero-order valence-electron chi connectivity index (χ0n) is 12.2. The number of hydrogen-bond acceptors (Lipinski definition) is 3. The molecule has 0 bridgehead atoms. The van der Waals surface area contributed by atoms with Crippen molar-refractivity contribution in [2.75, 3.05) is 18.5 Å². The smallest absolute Gasteiger partial charge is 0.228 e. The Morgan fingerprint density at radius 2 is 1.91 bits per heavy atom. The van der Waals surface area contributed by atoms with Gasteiger partial charge in [-0.05, 0) is 42.3 Å². The molecule has 2 aromatic carbocycles. The quantitative estimate of drug-likeness (QED) is 0.941. The average Bonchev–Trinajstić information content (AvgIpc) is 2.51. The van der Waals surface area contributed by atoms with Crippen LogP contribution in [-0.4, -0.2) is 19.1 Å². The van der Waals surface area contributed by atoms with Crippen LogP contribution < -0.4 is 14.8 Å². The lowest BCUT2D eigenvalue weighted by Gasteiger charge is -2.18. The standard InChI is InChI=1S/C17H16ClNO3/c1-11-2-4-13(10-14(11)18)19-17(20)9-12-3-5-15-16(8-12)22-7-6-21-15/h2-5,8,10H,6-7,9H2,1H3,(H,19,20). The van der Waals surface area contributed by atoms with E-state index in [2.05, 4.69) is 5.32 Å². The number of rotatable bonds is 3. The van der Waals surface area contributed by atoms with Crippen LogP contribution >= 0.6 is 11.6 Å². The molecule has 1 aliphatic heterocycles. The van der Waals surface area contributed by atoms with Crippen LogP contribution in [0.25, 0.3) is 0 Å². The highest BCUT2D eigenvalue weighted by Gasteiger charge is 2.13. The summed E-state index contributed by atoms with van der Waals surface area (Å²) in [4.78, 5) is 12.1. The molecule has 0 saturated carbocycles. The predicted molar refractivity (Wildman–Crippen MR) is 86.0 cm³/mol. The molecule has 0 aromatic heterocycles. The minimum Gasteiger partial charge on any atom is -0.486 e. The summed E-state index contributed by atoms with van der Waals surface area (Å²) >= 11 is 6.06. The molecule has 2 aromatic rings. The van der Waals surface area contributed by atoms with Crippen LogP contribution in [0.15, 0.2) is 36.4 Å². The second-order valence-electron chi connectivity index (χ2n) is 5.17. The van der Waals surface area contributed by atoms with Gasteiger partial charge in [0.05, 0.1) is 6.42 Å². The predicted octanol–water partition coefficient (Wildman–Crippen LogP) is 3.60. The van der Waals surface area contributed by atoms with Gasteiger partial charge >= 0.3 is 0 Å². The largest absolute Gasteiger partial charge is 0.486 e. The molecule has 22 heavy (non-hydrogen) atoms. The van der Waals surface area contributed by atoms with Crippen LogP contribution in [0.5, 0.6) is 11.5 Å². The van der Waals surface area contributed by atoms with Crippen molar-refractivity contribution >= 4 is 23.2 Å². The van der Waals surface area contributed by atoms with Crippen LogP contribution in [0.2, 0.25) is 5.02 Å². The fraction of sp³-hybridized carbons (Fsp3) is 0.235. The zero-order chi connectivity index (χ0) is 15.5. The highest BCUT2D eigenvalue weighted by molar-refractivity contribution is 6.31. The lowest BCUT2D eigenvalue weighted by molar-refractivity contribution is -0.115. The average molecular weight is 318 g/mol. The highest BCUT2D eigenvalue weighted by atomic mass is 35.5. The number of nitrogens with one attached hydrogen (secondary N) is 1. The van der Waals surface area contributed by atoms with Gasteiger partial charge in [0.25, 0.3) is 0 Å². The monoisotopic (exact) mass is 317 g/mol. The van der Waals surface area contributed by atoms with Crippen molar-refractivity contribution in [2.45, 2.75) is 13.3 Å². The lowest BCUT2D eigenvalue weighted by Crippen LogP contribution is -2.17. The number of benzene rings is 2. The molecule has 4 nitrogen and oxygen atoms in total. The van der Waals surface area contributed by atoms with E-state index in [1.54, 1.807) is 6.07 Å². The molecule has 3 rings (SSSR count). The number of hydrogen-bond donors (Lipinski definition) is 1. The number of amides is 1. The van der Waals surface area contributed by atoms with E-state index in [9.17, 15) is 4.79 Å². The van der Waals surface area contributed by atoms with Gasteiger partial charge in [-0.3, -0.25) is 4.79 Å². The van der Waals surface area contributed by atoms with Gasteiger partial charge in [0.2, 0.25) is 5.91 Å². The molecular weight excluding hydrogens is 302 g/mol. The Kier molecular flexibility index (Phi) is 4.20.